The Hall–Kier alpha value is -0.930. The minimum absolute atomic E-state index is 0.138. The number of halogens is 1. The Bertz CT molecular complexity index is 416. The molecule has 1 aromatic rings. The predicted octanol–water partition coefficient (Wildman–Crippen LogP) is 2.52. The fraction of sp³-hybridized carbons (Fsp3) is 0.571. The van der Waals surface area contributed by atoms with Crippen LogP contribution in [0.25, 0.3) is 0 Å². The van der Waals surface area contributed by atoms with E-state index in [1.54, 1.807) is 6.07 Å². The van der Waals surface area contributed by atoms with Crippen molar-refractivity contribution in [3.63, 3.8) is 0 Å². The topological polar surface area (TPSA) is 18.5 Å². The molecule has 2 aliphatic heterocycles. The molecule has 3 atom stereocenters. The molecule has 92 valence electrons. The second-order valence-electron chi connectivity index (χ2n) is 5.10. The molecule has 0 bridgehead atoms. The van der Waals surface area contributed by atoms with Crippen molar-refractivity contribution in [1.82, 2.24) is 0 Å². The average molecular weight is 236 g/mol. The fourth-order valence-corrected chi connectivity index (χ4v) is 3.30. The van der Waals surface area contributed by atoms with E-state index in [9.17, 15) is 4.39 Å². The summed E-state index contributed by atoms with van der Waals surface area (Å²) >= 11 is 0. The van der Waals surface area contributed by atoms with Crippen LogP contribution in [-0.4, -0.2) is 25.9 Å². The standard InChI is InChI=1S/C14H17FO2/c1-10-11-6-7-16-8-14(11,9-17-10)12-4-2-3-5-13(12)15/h2-5,10-11H,6-9H2,1H3/t10-,11-,14-/m0/s1. The summed E-state index contributed by atoms with van der Waals surface area (Å²) in [6, 6.07) is 7.02. The second-order valence-corrected chi connectivity index (χ2v) is 5.10. The second kappa shape index (κ2) is 4.07. The lowest BCUT2D eigenvalue weighted by atomic mass is 9.68. The third-order valence-corrected chi connectivity index (χ3v) is 4.22. The van der Waals surface area contributed by atoms with Crippen LogP contribution in [0.2, 0.25) is 0 Å². The van der Waals surface area contributed by atoms with E-state index in [0.717, 1.165) is 18.6 Å². The maximum Gasteiger partial charge on any atom is 0.127 e. The molecule has 2 heterocycles. The van der Waals surface area contributed by atoms with Gasteiger partial charge >= 0.3 is 0 Å². The summed E-state index contributed by atoms with van der Waals surface area (Å²) in [5, 5.41) is 0. The van der Waals surface area contributed by atoms with Crippen LogP contribution < -0.4 is 0 Å². The van der Waals surface area contributed by atoms with Crippen molar-refractivity contribution in [2.24, 2.45) is 5.92 Å². The fourth-order valence-electron chi connectivity index (χ4n) is 3.30. The molecular formula is C14H17FO2. The first-order chi connectivity index (χ1) is 8.24. The summed E-state index contributed by atoms with van der Waals surface area (Å²) in [5.74, 6) is 0.230. The predicted molar refractivity (Wildman–Crippen MR) is 62.4 cm³/mol. The van der Waals surface area contributed by atoms with E-state index in [1.165, 1.54) is 6.07 Å². The summed E-state index contributed by atoms with van der Waals surface area (Å²) < 4.78 is 25.4. The van der Waals surface area contributed by atoms with Crippen molar-refractivity contribution in [2.75, 3.05) is 19.8 Å². The average Bonchev–Trinajstić information content (AvgIpc) is 2.69. The molecule has 0 amide bonds. The van der Waals surface area contributed by atoms with Gasteiger partial charge in [-0.1, -0.05) is 18.2 Å². The zero-order chi connectivity index (χ0) is 11.9. The molecule has 0 N–H and O–H groups in total. The highest BCUT2D eigenvalue weighted by Crippen LogP contribution is 2.46. The zero-order valence-corrected chi connectivity index (χ0v) is 9.99. The van der Waals surface area contributed by atoms with Crippen molar-refractivity contribution < 1.29 is 13.9 Å². The maximum absolute atomic E-state index is 14.0. The van der Waals surface area contributed by atoms with Crippen molar-refractivity contribution in [1.29, 1.82) is 0 Å². The molecule has 0 saturated carbocycles. The first kappa shape index (κ1) is 11.2. The molecular weight excluding hydrogens is 219 g/mol. The summed E-state index contributed by atoms with van der Waals surface area (Å²) in [6.45, 7) is 3.98. The molecule has 3 heteroatoms. The van der Waals surface area contributed by atoms with E-state index >= 15 is 0 Å². The number of fused-ring (bicyclic) bond motifs is 1. The number of hydrogen-bond donors (Lipinski definition) is 0. The Morgan fingerprint density at radius 2 is 2.12 bits per heavy atom. The summed E-state index contributed by atoms with van der Waals surface area (Å²) in [5.41, 5.74) is 0.484. The van der Waals surface area contributed by atoms with Gasteiger partial charge in [-0.05, 0) is 25.0 Å². The van der Waals surface area contributed by atoms with Crippen LogP contribution in [0.15, 0.2) is 24.3 Å². The minimum atomic E-state index is -0.275. The normalized spacial score (nSPS) is 36.8. The van der Waals surface area contributed by atoms with Gasteiger partial charge in [-0.25, -0.2) is 4.39 Å². The maximum atomic E-state index is 14.0. The highest BCUT2D eigenvalue weighted by molar-refractivity contribution is 5.31. The highest BCUT2D eigenvalue weighted by Gasteiger charge is 2.51. The molecule has 3 rings (SSSR count). The molecule has 2 aliphatic rings. The number of rotatable bonds is 1. The molecule has 2 saturated heterocycles. The number of benzene rings is 1. The smallest absolute Gasteiger partial charge is 0.127 e. The molecule has 2 nitrogen and oxygen atoms in total. The molecule has 17 heavy (non-hydrogen) atoms. The van der Waals surface area contributed by atoms with Crippen LogP contribution in [-0.2, 0) is 14.9 Å². The van der Waals surface area contributed by atoms with Crippen molar-refractivity contribution in [2.45, 2.75) is 24.9 Å². The van der Waals surface area contributed by atoms with Gasteiger partial charge in [0.2, 0.25) is 0 Å². The molecule has 0 unspecified atom stereocenters. The van der Waals surface area contributed by atoms with Crippen LogP contribution in [0, 0.1) is 11.7 Å². The van der Waals surface area contributed by atoms with E-state index in [-0.39, 0.29) is 17.3 Å². The van der Waals surface area contributed by atoms with Gasteiger partial charge in [0.25, 0.3) is 0 Å². The first-order valence-electron chi connectivity index (χ1n) is 6.18. The van der Waals surface area contributed by atoms with Gasteiger partial charge in [0.15, 0.2) is 0 Å². The van der Waals surface area contributed by atoms with Crippen molar-refractivity contribution >= 4 is 0 Å². The van der Waals surface area contributed by atoms with Crippen LogP contribution in [0.1, 0.15) is 18.9 Å². The molecule has 0 spiro atoms. The van der Waals surface area contributed by atoms with Gasteiger partial charge in [-0.15, -0.1) is 0 Å². The van der Waals surface area contributed by atoms with Gasteiger partial charge in [-0.2, -0.15) is 0 Å². The van der Waals surface area contributed by atoms with Crippen molar-refractivity contribution in [3.8, 4) is 0 Å². The lowest BCUT2D eigenvalue weighted by molar-refractivity contribution is 0.00860. The zero-order valence-electron chi connectivity index (χ0n) is 9.99. The largest absolute Gasteiger partial charge is 0.380 e. The van der Waals surface area contributed by atoms with E-state index in [1.807, 2.05) is 12.1 Å². The summed E-state index contributed by atoms with van der Waals surface area (Å²) in [6.07, 6.45) is 1.15. The SMILES string of the molecule is C[C@@H]1OC[C@@]2(c3ccccc3F)COCC[C@@H]12. The number of ether oxygens (including phenoxy) is 2. The van der Waals surface area contributed by atoms with Crippen molar-refractivity contribution in [3.05, 3.63) is 35.6 Å². The van der Waals surface area contributed by atoms with Gasteiger partial charge in [0.1, 0.15) is 5.82 Å². The third-order valence-electron chi connectivity index (χ3n) is 4.22. The molecule has 0 radical (unpaired) electrons. The first-order valence-corrected chi connectivity index (χ1v) is 6.18. The Morgan fingerprint density at radius 1 is 1.29 bits per heavy atom. The molecule has 2 fully saturated rings. The minimum Gasteiger partial charge on any atom is -0.380 e. The summed E-state index contributed by atoms with van der Waals surface area (Å²) in [4.78, 5) is 0. The molecule has 0 aliphatic carbocycles. The molecule has 0 aromatic heterocycles. The Morgan fingerprint density at radius 3 is 2.94 bits per heavy atom. The van der Waals surface area contributed by atoms with Crippen LogP contribution >= 0.6 is 0 Å². The van der Waals surface area contributed by atoms with E-state index in [2.05, 4.69) is 6.92 Å². The van der Waals surface area contributed by atoms with Gasteiger partial charge in [0, 0.05) is 12.5 Å². The number of hydrogen-bond acceptors (Lipinski definition) is 2. The van der Waals surface area contributed by atoms with E-state index in [0.29, 0.717) is 19.1 Å². The lowest BCUT2D eigenvalue weighted by Crippen LogP contribution is -2.45. The summed E-state index contributed by atoms with van der Waals surface area (Å²) in [7, 11) is 0. The molecule has 1 aromatic carbocycles. The van der Waals surface area contributed by atoms with E-state index < -0.39 is 0 Å². The highest BCUT2D eigenvalue weighted by atomic mass is 19.1. The van der Waals surface area contributed by atoms with Crippen LogP contribution in [0.3, 0.4) is 0 Å². The van der Waals surface area contributed by atoms with Gasteiger partial charge in [0.05, 0.1) is 24.7 Å². The Kier molecular flexibility index (Phi) is 2.68. The Labute approximate surface area is 101 Å². The Balaban J connectivity index is 2.07. The monoisotopic (exact) mass is 236 g/mol. The van der Waals surface area contributed by atoms with Crippen LogP contribution in [0.4, 0.5) is 4.39 Å². The van der Waals surface area contributed by atoms with E-state index in [4.69, 9.17) is 9.47 Å². The quantitative estimate of drug-likeness (QED) is 0.746. The lowest BCUT2D eigenvalue weighted by Gasteiger charge is -2.39. The van der Waals surface area contributed by atoms with Crippen LogP contribution in [0.5, 0.6) is 0 Å². The van der Waals surface area contributed by atoms with Gasteiger partial charge in [-0.3, -0.25) is 0 Å². The van der Waals surface area contributed by atoms with Gasteiger partial charge < -0.3 is 9.47 Å². The third kappa shape index (κ3) is 1.60.